The van der Waals surface area contributed by atoms with Crippen molar-refractivity contribution < 1.29 is 43.6 Å². The summed E-state index contributed by atoms with van der Waals surface area (Å²) in [6.45, 7) is 0. The van der Waals surface area contributed by atoms with Gasteiger partial charge in [0.1, 0.15) is 0 Å². The van der Waals surface area contributed by atoms with Crippen LogP contribution in [-0.4, -0.2) is 39.9 Å². The number of rotatable bonds is 7. The Hall–Kier alpha value is -5.02. The number of carbonyl (C=O) groups is 4. The van der Waals surface area contributed by atoms with Crippen LogP contribution in [0.5, 0.6) is 0 Å². The molecular weight excluding hydrogens is 480 g/mol. The lowest BCUT2D eigenvalue weighted by molar-refractivity contribution is -0.164. The van der Waals surface area contributed by atoms with Crippen molar-refractivity contribution in [3.05, 3.63) is 131 Å². The lowest BCUT2D eigenvalue weighted by atomic mass is 9.96. The molecule has 186 valence electrons. The largest absolute Gasteiger partial charge is 0.478 e. The first-order valence-corrected chi connectivity index (χ1v) is 11.0. The minimum absolute atomic E-state index is 0.0407. The van der Waals surface area contributed by atoms with Gasteiger partial charge in [-0.1, -0.05) is 54.6 Å². The molecule has 9 nitrogen and oxygen atoms in total. The molecule has 0 aliphatic heterocycles. The van der Waals surface area contributed by atoms with E-state index >= 15 is 0 Å². The van der Waals surface area contributed by atoms with Crippen molar-refractivity contribution in [2.75, 3.05) is 0 Å². The Bertz CT molecular complexity index is 1390. The van der Waals surface area contributed by atoms with E-state index in [9.17, 15) is 29.4 Å². The molecule has 2 N–H and O–H groups in total. The number of hydrogen-bond acceptors (Lipinski definition) is 8. The fraction of sp³-hybridized carbons (Fsp3) is 0.0714. The highest BCUT2D eigenvalue weighted by Crippen LogP contribution is 2.37. The normalized spacial score (nSPS) is 16.8. The summed E-state index contributed by atoms with van der Waals surface area (Å²) in [7, 11) is 0. The Kier molecular flexibility index (Phi) is 7.26. The van der Waals surface area contributed by atoms with Gasteiger partial charge in [0.2, 0.25) is 5.76 Å². The fourth-order valence-corrected chi connectivity index (χ4v) is 3.48. The van der Waals surface area contributed by atoms with Crippen molar-refractivity contribution in [1.82, 2.24) is 0 Å². The summed E-state index contributed by atoms with van der Waals surface area (Å²) in [6, 6.07) is 23.0. The molecule has 4 rings (SSSR count). The molecule has 1 atom stereocenters. The van der Waals surface area contributed by atoms with Crippen LogP contribution in [0, 0.1) is 0 Å². The van der Waals surface area contributed by atoms with Crippen LogP contribution >= 0.6 is 0 Å². The Morgan fingerprint density at radius 1 is 0.649 bits per heavy atom. The molecule has 0 radical (unpaired) electrons. The topological polar surface area (TPSA) is 136 Å². The molecule has 0 saturated heterocycles. The van der Waals surface area contributed by atoms with E-state index < -0.39 is 53.2 Å². The highest BCUT2D eigenvalue weighted by atomic mass is 16.7. The number of carboxylic acid groups (broad SMARTS) is 1. The van der Waals surface area contributed by atoms with Crippen molar-refractivity contribution in [3.63, 3.8) is 0 Å². The third kappa shape index (κ3) is 5.80. The molecule has 37 heavy (non-hydrogen) atoms. The summed E-state index contributed by atoms with van der Waals surface area (Å²) >= 11 is 0. The highest BCUT2D eigenvalue weighted by molar-refractivity contribution is 5.94. The quantitative estimate of drug-likeness (QED) is 0.281. The molecule has 9 heteroatoms. The molecule has 1 unspecified atom stereocenters. The maximum Gasteiger partial charge on any atom is 0.343 e. The van der Waals surface area contributed by atoms with Crippen LogP contribution < -0.4 is 0 Å². The SMILES string of the molecule is O=C(O)C1=CC(OC(=O)c2ccccc2)=C(OC(=O)c2ccccc2)C(O)(OC(=O)c2ccccc2)C1. The van der Waals surface area contributed by atoms with Crippen LogP contribution in [-0.2, 0) is 19.0 Å². The number of allylic oxidation sites excluding steroid dienone is 1. The van der Waals surface area contributed by atoms with E-state index in [0.717, 1.165) is 6.08 Å². The van der Waals surface area contributed by atoms with Crippen LogP contribution in [0.4, 0.5) is 0 Å². The van der Waals surface area contributed by atoms with Gasteiger partial charge in [-0.3, -0.25) is 0 Å². The van der Waals surface area contributed by atoms with Gasteiger partial charge in [0.05, 0.1) is 23.1 Å². The van der Waals surface area contributed by atoms with Crippen LogP contribution in [0.1, 0.15) is 37.5 Å². The van der Waals surface area contributed by atoms with E-state index in [0.29, 0.717) is 0 Å². The third-order valence-corrected chi connectivity index (χ3v) is 5.28. The second kappa shape index (κ2) is 10.7. The zero-order valence-electron chi connectivity index (χ0n) is 19.2. The van der Waals surface area contributed by atoms with E-state index in [2.05, 4.69) is 0 Å². The van der Waals surface area contributed by atoms with E-state index in [-0.39, 0.29) is 16.7 Å². The first-order valence-electron chi connectivity index (χ1n) is 11.0. The van der Waals surface area contributed by atoms with Crippen LogP contribution in [0.15, 0.2) is 114 Å². The average molecular weight is 500 g/mol. The first kappa shape index (κ1) is 25.1. The number of esters is 3. The molecule has 0 saturated carbocycles. The van der Waals surface area contributed by atoms with E-state index in [4.69, 9.17) is 14.2 Å². The lowest BCUT2D eigenvalue weighted by Crippen LogP contribution is -2.43. The minimum Gasteiger partial charge on any atom is -0.478 e. The molecule has 0 spiro atoms. The predicted molar refractivity (Wildman–Crippen MR) is 128 cm³/mol. The number of aliphatic hydroxyl groups is 1. The molecule has 3 aromatic carbocycles. The number of carboxylic acids is 1. The van der Waals surface area contributed by atoms with Crippen LogP contribution in [0.2, 0.25) is 0 Å². The molecule has 0 bridgehead atoms. The summed E-state index contributed by atoms with van der Waals surface area (Å²) in [5.74, 6) is -8.56. The Morgan fingerprint density at radius 2 is 1.08 bits per heavy atom. The number of aliphatic carboxylic acids is 1. The second-order valence-electron chi connectivity index (χ2n) is 7.90. The molecule has 0 fully saturated rings. The summed E-state index contributed by atoms with van der Waals surface area (Å²) in [4.78, 5) is 50.4. The summed E-state index contributed by atoms with van der Waals surface area (Å²) in [5.41, 5.74) is -0.240. The molecule has 1 aliphatic carbocycles. The van der Waals surface area contributed by atoms with Gasteiger partial charge in [0, 0.05) is 5.57 Å². The van der Waals surface area contributed by atoms with E-state index in [1.807, 2.05) is 0 Å². The second-order valence-corrected chi connectivity index (χ2v) is 7.90. The summed E-state index contributed by atoms with van der Waals surface area (Å²) in [6.07, 6.45) is 0.145. The predicted octanol–water partition coefficient (Wildman–Crippen LogP) is 3.87. The minimum atomic E-state index is -2.80. The number of ether oxygens (including phenoxy) is 3. The highest BCUT2D eigenvalue weighted by Gasteiger charge is 2.47. The molecule has 0 amide bonds. The summed E-state index contributed by atoms with van der Waals surface area (Å²) in [5, 5.41) is 21.1. The third-order valence-electron chi connectivity index (χ3n) is 5.28. The maximum absolute atomic E-state index is 12.9. The van der Waals surface area contributed by atoms with Crippen molar-refractivity contribution in [3.8, 4) is 0 Å². The van der Waals surface area contributed by atoms with Gasteiger partial charge in [-0.2, -0.15) is 0 Å². The smallest absolute Gasteiger partial charge is 0.343 e. The number of benzene rings is 3. The Morgan fingerprint density at radius 3 is 1.54 bits per heavy atom. The monoisotopic (exact) mass is 500 g/mol. The summed E-state index contributed by atoms with van der Waals surface area (Å²) < 4.78 is 16.1. The van der Waals surface area contributed by atoms with Gasteiger partial charge in [0.15, 0.2) is 5.76 Å². The average Bonchev–Trinajstić information content (AvgIpc) is 2.91. The standard InChI is InChI=1S/C28H20O9/c29-24(30)21-16-22(35-25(31)18-10-4-1-5-11-18)23(36-26(32)19-12-6-2-7-13-19)28(34,17-21)37-27(33)20-14-8-3-9-15-20/h1-16,34H,17H2,(H,29,30). The van der Waals surface area contributed by atoms with Gasteiger partial charge in [-0.15, -0.1) is 0 Å². The molecule has 0 heterocycles. The first-order chi connectivity index (χ1) is 17.8. The zero-order chi connectivity index (χ0) is 26.4. The van der Waals surface area contributed by atoms with Gasteiger partial charge in [-0.25, -0.2) is 19.2 Å². The Labute approximate surface area is 210 Å². The Balaban J connectivity index is 1.79. The van der Waals surface area contributed by atoms with E-state index in [1.54, 1.807) is 54.6 Å². The van der Waals surface area contributed by atoms with Gasteiger partial charge < -0.3 is 24.4 Å². The number of hydrogen-bond donors (Lipinski definition) is 2. The molecular formula is C28H20O9. The molecule has 0 aromatic heterocycles. The van der Waals surface area contributed by atoms with Gasteiger partial charge >= 0.3 is 23.9 Å². The van der Waals surface area contributed by atoms with Gasteiger partial charge in [-0.05, 0) is 42.5 Å². The van der Waals surface area contributed by atoms with E-state index in [1.165, 1.54) is 36.4 Å². The number of carbonyl (C=O) groups excluding carboxylic acids is 3. The zero-order valence-corrected chi connectivity index (χ0v) is 19.2. The molecule has 3 aromatic rings. The van der Waals surface area contributed by atoms with Crippen molar-refractivity contribution in [2.45, 2.75) is 12.2 Å². The van der Waals surface area contributed by atoms with Crippen molar-refractivity contribution in [2.24, 2.45) is 0 Å². The van der Waals surface area contributed by atoms with Gasteiger partial charge in [0.25, 0.3) is 5.79 Å². The maximum atomic E-state index is 12.9. The fourth-order valence-electron chi connectivity index (χ4n) is 3.48. The van der Waals surface area contributed by atoms with Crippen LogP contribution in [0.25, 0.3) is 0 Å². The van der Waals surface area contributed by atoms with Crippen molar-refractivity contribution in [1.29, 1.82) is 0 Å². The van der Waals surface area contributed by atoms with Crippen molar-refractivity contribution >= 4 is 23.9 Å². The van der Waals surface area contributed by atoms with Crippen LogP contribution in [0.3, 0.4) is 0 Å². The molecule has 1 aliphatic rings. The lowest BCUT2D eigenvalue weighted by Gasteiger charge is -2.33.